The molecular formula is C29H37N7O5. The van der Waals surface area contributed by atoms with E-state index in [1.54, 1.807) is 45.9 Å². The molecule has 12 nitrogen and oxygen atoms in total. The van der Waals surface area contributed by atoms with Gasteiger partial charge in [-0.15, -0.1) is 0 Å². The van der Waals surface area contributed by atoms with Crippen molar-refractivity contribution in [2.24, 2.45) is 0 Å². The SMILES string of the molecule is CO[C@@H]1CC[C@H]1NC(=O)c1cnn2c(N(C)C(=O)OC(C)(C)C)cc(NC3CCCN(c4ccccc4)C3=O)nc12. The Labute approximate surface area is 239 Å². The maximum atomic E-state index is 13.5. The van der Waals surface area contributed by atoms with Crippen molar-refractivity contribution in [3.8, 4) is 0 Å². The van der Waals surface area contributed by atoms with Gasteiger partial charge >= 0.3 is 6.09 Å². The zero-order valence-corrected chi connectivity index (χ0v) is 24.1. The fraction of sp³-hybridized carbons (Fsp3) is 0.483. The first-order valence-electron chi connectivity index (χ1n) is 13.9. The predicted octanol–water partition coefficient (Wildman–Crippen LogP) is 3.62. The molecular weight excluding hydrogens is 526 g/mol. The van der Waals surface area contributed by atoms with Gasteiger partial charge in [-0.05, 0) is 58.6 Å². The Balaban J connectivity index is 1.48. The maximum absolute atomic E-state index is 13.5. The molecule has 41 heavy (non-hydrogen) atoms. The molecule has 1 unspecified atom stereocenters. The van der Waals surface area contributed by atoms with E-state index in [2.05, 4.69) is 15.7 Å². The number of nitrogens with zero attached hydrogens (tertiary/aromatic N) is 5. The highest BCUT2D eigenvalue weighted by Gasteiger charge is 2.34. The van der Waals surface area contributed by atoms with Gasteiger partial charge in [0.15, 0.2) is 5.65 Å². The van der Waals surface area contributed by atoms with Crippen LogP contribution in [0.1, 0.15) is 56.8 Å². The molecule has 3 aromatic rings. The molecule has 2 N–H and O–H groups in total. The number of methoxy groups -OCH3 is 1. The Morgan fingerprint density at radius 1 is 1.12 bits per heavy atom. The Kier molecular flexibility index (Phi) is 7.85. The number of hydrogen-bond donors (Lipinski definition) is 2. The van der Waals surface area contributed by atoms with Crippen LogP contribution in [0.2, 0.25) is 0 Å². The molecule has 218 valence electrons. The van der Waals surface area contributed by atoms with Crippen molar-refractivity contribution >= 4 is 40.9 Å². The Bertz CT molecular complexity index is 1430. The van der Waals surface area contributed by atoms with Crippen molar-refractivity contribution in [1.82, 2.24) is 19.9 Å². The van der Waals surface area contributed by atoms with Crippen LogP contribution in [0.5, 0.6) is 0 Å². The van der Waals surface area contributed by atoms with Gasteiger partial charge in [0.2, 0.25) is 5.91 Å². The molecule has 0 spiro atoms. The number of anilines is 3. The smallest absolute Gasteiger partial charge is 0.415 e. The van der Waals surface area contributed by atoms with E-state index in [1.165, 1.54) is 15.6 Å². The van der Waals surface area contributed by atoms with Gasteiger partial charge in [-0.3, -0.25) is 14.5 Å². The predicted molar refractivity (Wildman–Crippen MR) is 154 cm³/mol. The minimum atomic E-state index is -0.718. The quantitative estimate of drug-likeness (QED) is 0.446. The van der Waals surface area contributed by atoms with Crippen LogP contribution in [0.3, 0.4) is 0 Å². The number of fused-ring (bicyclic) bond motifs is 1. The van der Waals surface area contributed by atoms with Crippen LogP contribution in [-0.4, -0.2) is 77.0 Å². The molecule has 3 amide bonds. The highest BCUT2D eigenvalue weighted by molar-refractivity contribution is 6.01. The first-order valence-corrected chi connectivity index (χ1v) is 13.9. The van der Waals surface area contributed by atoms with Crippen molar-refractivity contribution < 1.29 is 23.9 Å². The highest BCUT2D eigenvalue weighted by Crippen LogP contribution is 2.28. The lowest BCUT2D eigenvalue weighted by atomic mass is 9.89. The molecule has 5 rings (SSSR count). The third kappa shape index (κ3) is 5.97. The van der Waals surface area contributed by atoms with Crippen LogP contribution in [0.15, 0.2) is 42.6 Å². The number of benzene rings is 1. The van der Waals surface area contributed by atoms with Crippen molar-refractivity contribution in [2.75, 3.05) is 35.8 Å². The van der Waals surface area contributed by atoms with Crippen LogP contribution < -0.4 is 20.4 Å². The molecule has 1 aromatic carbocycles. The van der Waals surface area contributed by atoms with Gasteiger partial charge in [-0.1, -0.05) is 18.2 Å². The van der Waals surface area contributed by atoms with E-state index in [1.807, 2.05) is 30.3 Å². The van der Waals surface area contributed by atoms with E-state index in [9.17, 15) is 14.4 Å². The summed E-state index contributed by atoms with van der Waals surface area (Å²) in [5.74, 6) is 0.246. The number of carbonyl (C=O) groups excluding carboxylic acids is 3. The number of rotatable bonds is 7. The van der Waals surface area contributed by atoms with E-state index in [4.69, 9.17) is 14.5 Å². The second kappa shape index (κ2) is 11.4. The zero-order chi connectivity index (χ0) is 29.3. The summed E-state index contributed by atoms with van der Waals surface area (Å²) in [4.78, 5) is 47.6. The molecule has 3 atom stereocenters. The number of hydrogen-bond acceptors (Lipinski definition) is 8. The molecule has 2 aromatic heterocycles. The lowest BCUT2D eigenvalue weighted by molar-refractivity contribution is -0.120. The Hall–Kier alpha value is -4.19. The van der Waals surface area contributed by atoms with Crippen molar-refractivity contribution in [2.45, 2.75) is 70.2 Å². The molecule has 0 radical (unpaired) electrons. The van der Waals surface area contributed by atoms with E-state index in [-0.39, 0.29) is 35.2 Å². The van der Waals surface area contributed by atoms with Crippen molar-refractivity contribution in [3.05, 3.63) is 48.2 Å². The number of piperidine rings is 1. The fourth-order valence-electron chi connectivity index (χ4n) is 5.06. The average molecular weight is 564 g/mol. The number of nitrogens with one attached hydrogen (secondary N) is 2. The van der Waals surface area contributed by atoms with Crippen molar-refractivity contribution in [1.29, 1.82) is 0 Å². The second-order valence-corrected chi connectivity index (χ2v) is 11.4. The third-order valence-electron chi connectivity index (χ3n) is 7.37. The van der Waals surface area contributed by atoms with E-state index >= 15 is 0 Å². The summed E-state index contributed by atoms with van der Waals surface area (Å²) < 4.78 is 12.4. The van der Waals surface area contributed by atoms with Crippen molar-refractivity contribution in [3.63, 3.8) is 0 Å². The second-order valence-electron chi connectivity index (χ2n) is 11.4. The standard InChI is InChI=1S/C29H37N7O5/c1-29(2,3)41-28(39)34(4)24-16-23(31-21-12-9-15-35(27(21)38)18-10-7-6-8-11-18)33-25-19(17-30-36(24)25)26(37)32-20-13-14-22(20)40-5/h6-8,10-11,16-17,20-22H,9,12-15H2,1-5H3,(H,31,33)(H,32,37)/t20-,21?,22-/m1/s1. The lowest BCUT2D eigenvalue weighted by Gasteiger charge is -2.35. The molecule has 1 saturated heterocycles. The van der Waals surface area contributed by atoms with Crippen LogP contribution in [-0.2, 0) is 14.3 Å². The molecule has 1 aliphatic carbocycles. The van der Waals surface area contributed by atoms with Gasteiger partial charge in [0.25, 0.3) is 5.91 Å². The van der Waals surface area contributed by atoms with Crippen LogP contribution in [0, 0.1) is 0 Å². The summed E-state index contributed by atoms with van der Waals surface area (Å²) in [5.41, 5.74) is 0.603. The van der Waals surface area contributed by atoms with Gasteiger partial charge in [0.05, 0.1) is 18.3 Å². The number of carbonyl (C=O) groups is 3. The van der Waals surface area contributed by atoms with Gasteiger partial charge in [-0.25, -0.2) is 9.78 Å². The normalized spacial score (nSPS) is 20.9. The largest absolute Gasteiger partial charge is 0.443 e. The van der Waals surface area contributed by atoms with Gasteiger partial charge in [-0.2, -0.15) is 9.61 Å². The summed E-state index contributed by atoms with van der Waals surface area (Å²) in [5, 5.41) is 10.7. The molecule has 2 aliphatic rings. The van der Waals surface area contributed by atoms with Crippen LogP contribution >= 0.6 is 0 Å². The lowest BCUT2D eigenvalue weighted by Crippen LogP contribution is -2.51. The number of aromatic nitrogens is 3. The third-order valence-corrected chi connectivity index (χ3v) is 7.37. The summed E-state index contributed by atoms with van der Waals surface area (Å²) in [6.45, 7) is 5.97. The maximum Gasteiger partial charge on any atom is 0.415 e. The monoisotopic (exact) mass is 563 g/mol. The number of para-hydroxylation sites is 1. The molecule has 12 heteroatoms. The van der Waals surface area contributed by atoms with Crippen LogP contribution in [0.25, 0.3) is 5.65 Å². The van der Waals surface area contributed by atoms with Gasteiger partial charge < -0.3 is 25.0 Å². The van der Waals surface area contributed by atoms with E-state index in [0.29, 0.717) is 24.6 Å². The highest BCUT2D eigenvalue weighted by atomic mass is 16.6. The van der Waals surface area contributed by atoms with Gasteiger partial charge in [0.1, 0.15) is 28.8 Å². The van der Waals surface area contributed by atoms with Gasteiger partial charge in [0, 0.05) is 32.5 Å². The number of amides is 3. The van der Waals surface area contributed by atoms with E-state index in [0.717, 1.165) is 24.9 Å². The zero-order valence-electron chi connectivity index (χ0n) is 24.1. The molecule has 1 saturated carbocycles. The number of ether oxygens (including phenoxy) is 2. The topological polar surface area (TPSA) is 130 Å². The van der Waals surface area contributed by atoms with E-state index < -0.39 is 17.7 Å². The first-order chi connectivity index (χ1) is 19.6. The molecule has 1 aliphatic heterocycles. The summed E-state index contributed by atoms with van der Waals surface area (Å²) in [6, 6.07) is 10.5. The summed E-state index contributed by atoms with van der Waals surface area (Å²) in [6.07, 6.45) is 3.90. The Morgan fingerprint density at radius 2 is 1.88 bits per heavy atom. The minimum absolute atomic E-state index is 0.0373. The summed E-state index contributed by atoms with van der Waals surface area (Å²) in [7, 11) is 3.19. The Morgan fingerprint density at radius 3 is 2.54 bits per heavy atom. The summed E-state index contributed by atoms with van der Waals surface area (Å²) >= 11 is 0. The molecule has 0 bridgehead atoms. The van der Waals surface area contributed by atoms with Crippen LogP contribution in [0.4, 0.5) is 22.1 Å². The first kappa shape index (κ1) is 28.3. The average Bonchev–Trinajstić information content (AvgIpc) is 3.35. The molecule has 2 fully saturated rings. The fourth-order valence-corrected chi connectivity index (χ4v) is 5.06. The molecule has 3 heterocycles. The minimum Gasteiger partial charge on any atom is -0.443 e.